The Hall–Kier alpha value is -0.630. The molecule has 0 radical (unpaired) electrons. The van der Waals surface area contributed by atoms with Gasteiger partial charge in [-0.05, 0) is 37.8 Å². The fraction of sp³-hybridized carbons (Fsp3) is 0.615. The van der Waals surface area contributed by atoms with E-state index in [1.165, 1.54) is 12.1 Å². The van der Waals surface area contributed by atoms with Crippen LogP contribution in [0.1, 0.15) is 32.6 Å². The Morgan fingerprint density at radius 1 is 1.48 bits per heavy atom. The normalized spacial score (nSPS) is 19.7. The number of nitrogens with one attached hydrogen (secondary N) is 1. The highest BCUT2D eigenvalue weighted by Crippen LogP contribution is 2.25. The Bertz CT molecular complexity index is 600. The second-order valence-corrected chi connectivity index (χ2v) is 8.74. The molecule has 1 saturated heterocycles. The molecule has 1 amide bonds. The van der Waals surface area contributed by atoms with Crippen LogP contribution >= 0.6 is 22.9 Å². The molecule has 0 spiro atoms. The fourth-order valence-electron chi connectivity index (χ4n) is 2.52. The molecule has 1 aromatic rings. The van der Waals surface area contributed by atoms with E-state index in [0.717, 1.165) is 37.0 Å². The lowest BCUT2D eigenvalue weighted by Gasteiger charge is -2.35. The van der Waals surface area contributed by atoms with Crippen molar-refractivity contribution in [3.8, 4) is 0 Å². The molecule has 8 heteroatoms. The van der Waals surface area contributed by atoms with E-state index in [1.807, 2.05) is 6.92 Å². The van der Waals surface area contributed by atoms with Crippen molar-refractivity contribution >= 4 is 38.9 Å². The summed E-state index contributed by atoms with van der Waals surface area (Å²) in [6, 6.07) is 3.20. The van der Waals surface area contributed by atoms with Crippen LogP contribution in [-0.2, 0) is 14.8 Å². The minimum Gasteiger partial charge on any atom is -0.339 e. The van der Waals surface area contributed by atoms with E-state index in [2.05, 4.69) is 4.72 Å². The van der Waals surface area contributed by atoms with Crippen LogP contribution in [0.5, 0.6) is 0 Å². The standard InChI is InChI=1S/C13H19ClN2O3S2/c1-2-10-5-3-4-8-16(10)12(17)9-15-21(18,19)13-7-6-11(14)20-13/h6-7,10,15H,2-5,8-9H2,1H3. The molecule has 118 valence electrons. The highest BCUT2D eigenvalue weighted by Gasteiger charge is 2.26. The highest BCUT2D eigenvalue weighted by atomic mass is 35.5. The van der Waals surface area contributed by atoms with Crippen LogP contribution in [0, 0.1) is 0 Å². The first-order valence-electron chi connectivity index (χ1n) is 6.98. The van der Waals surface area contributed by atoms with Gasteiger partial charge in [0, 0.05) is 12.6 Å². The van der Waals surface area contributed by atoms with Gasteiger partial charge in [0.05, 0.1) is 10.9 Å². The van der Waals surface area contributed by atoms with Crippen LogP contribution in [0.25, 0.3) is 0 Å². The molecule has 1 unspecified atom stereocenters. The number of amides is 1. The van der Waals surface area contributed by atoms with E-state index >= 15 is 0 Å². The number of likely N-dealkylation sites (tertiary alicyclic amines) is 1. The quantitative estimate of drug-likeness (QED) is 0.887. The van der Waals surface area contributed by atoms with Gasteiger partial charge in [0.2, 0.25) is 5.91 Å². The largest absolute Gasteiger partial charge is 0.339 e. The minimum atomic E-state index is -3.66. The van der Waals surface area contributed by atoms with Gasteiger partial charge >= 0.3 is 0 Å². The van der Waals surface area contributed by atoms with Crippen LogP contribution < -0.4 is 4.72 Å². The van der Waals surface area contributed by atoms with Gasteiger partial charge in [-0.25, -0.2) is 13.1 Å². The lowest BCUT2D eigenvalue weighted by molar-refractivity contribution is -0.133. The zero-order valence-electron chi connectivity index (χ0n) is 11.8. The Morgan fingerprint density at radius 2 is 2.24 bits per heavy atom. The molecular weight excluding hydrogens is 332 g/mol. The molecule has 0 bridgehead atoms. The summed E-state index contributed by atoms with van der Waals surface area (Å²) in [5.41, 5.74) is 0. The maximum absolute atomic E-state index is 12.2. The van der Waals surface area contributed by atoms with Gasteiger partial charge in [0.25, 0.3) is 10.0 Å². The predicted octanol–water partition coefficient (Wildman–Crippen LogP) is 2.47. The first kappa shape index (κ1) is 16.7. The minimum absolute atomic E-state index is 0.131. The highest BCUT2D eigenvalue weighted by molar-refractivity contribution is 7.91. The molecule has 1 N–H and O–H groups in total. The van der Waals surface area contributed by atoms with Gasteiger partial charge in [0.1, 0.15) is 4.21 Å². The lowest BCUT2D eigenvalue weighted by atomic mass is 10.00. The first-order valence-corrected chi connectivity index (χ1v) is 9.66. The Balaban J connectivity index is 1.97. The second-order valence-electron chi connectivity index (χ2n) is 5.03. The van der Waals surface area contributed by atoms with Gasteiger partial charge in [-0.3, -0.25) is 4.79 Å². The Morgan fingerprint density at radius 3 is 2.86 bits per heavy atom. The smallest absolute Gasteiger partial charge is 0.250 e. The third-order valence-corrected chi connectivity index (χ3v) is 6.77. The average molecular weight is 351 g/mol. The number of carbonyl (C=O) groups is 1. The summed E-state index contributed by atoms with van der Waals surface area (Å²) >= 11 is 6.72. The Labute approximate surface area is 134 Å². The van der Waals surface area contributed by atoms with Crippen molar-refractivity contribution < 1.29 is 13.2 Å². The van der Waals surface area contributed by atoms with Crippen molar-refractivity contribution in [1.82, 2.24) is 9.62 Å². The molecule has 0 saturated carbocycles. The number of hydrogen-bond donors (Lipinski definition) is 1. The van der Waals surface area contributed by atoms with Gasteiger partial charge in [0.15, 0.2) is 0 Å². The number of nitrogens with zero attached hydrogens (tertiary/aromatic N) is 1. The summed E-state index contributed by atoms with van der Waals surface area (Å²) in [7, 11) is -3.66. The number of thiophene rings is 1. The molecule has 21 heavy (non-hydrogen) atoms. The van der Waals surface area contributed by atoms with E-state index in [9.17, 15) is 13.2 Å². The zero-order valence-corrected chi connectivity index (χ0v) is 14.2. The van der Waals surface area contributed by atoms with Crippen LogP contribution in [0.4, 0.5) is 0 Å². The predicted molar refractivity (Wildman–Crippen MR) is 84.2 cm³/mol. The van der Waals surface area contributed by atoms with E-state index in [1.54, 1.807) is 4.90 Å². The van der Waals surface area contributed by atoms with E-state index in [-0.39, 0.29) is 22.7 Å². The topological polar surface area (TPSA) is 66.5 Å². The number of hydrogen-bond acceptors (Lipinski definition) is 4. The van der Waals surface area contributed by atoms with Gasteiger partial charge in [-0.2, -0.15) is 0 Å². The molecule has 2 rings (SSSR count). The van der Waals surface area contributed by atoms with Gasteiger partial charge in [-0.15, -0.1) is 11.3 Å². The molecule has 0 aliphatic carbocycles. The monoisotopic (exact) mass is 350 g/mol. The molecule has 0 aromatic carbocycles. The number of sulfonamides is 1. The van der Waals surface area contributed by atoms with Crippen molar-refractivity contribution in [1.29, 1.82) is 0 Å². The molecule has 5 nitrogen and oxygen atoms in total. The number of carbonyl (C=O) groups excluding carboxylic acids is 1. The van der Waals surface area contributed by atoms with Crippen LogP contribution in [0.2, 0.25) is 4.34 Å². The second kappa shape index (κ2) is 7.09. The maximum atomic E-state index is 12.2. The van der Waals surface area contributed by atoms with Gasteiger partial charge < -0.3 is 4.90 Å². The molecule has 1 aromatic heterocycles. The van der Waals surface area contributed by atoms with Crippen LogP contribution in [-0.4, -0.2) is 38.4 Å². The summed E-state index contributed by atoms with van der Waals surface area (Å²) < 4.78 is 27.0. The third-order valence-electron chi connectivity index (χ3n) is 3.65. The van der Waals surface area contributed by atoms with Crippen molar-refractivity contribution in [2.75, 3.05) is 13.1 Å². The summed E-state index contributed by atoms with van der Waals surface area (Å²) in [5, 5.41) is 0. The molecule has 1 atom stereocenters. The summed E-state index contributed by atoms with van der Waals surface area (Å²) in [5.74, 6) is -0.159. The van der Waals surface area contributed by atoms with Gasteiger partial charge in [-0.1, -0.05) is 18.5 Å². The maximum Gasteiger partial charge on any atom is 0.250 e. The van der Waals surface area contributed by atoms with Crippen molar-refractivity contribution in [3.05, 3.63) is 16.5 Å². The number of halogens is 1. The van der Waals surface area contributed by atoms with E-state index in [0.29, 0.717) is 10.9 Å². The van der Waals surface area contributed by atoms with E-state index in [4.69, 9.17) is 11.6 Å². The summed E-state index contributed by atoms with van der Waals surface area (Å²) in [6.07, 6.45) is 4.01. The first-order chi connectivity index (χ1) is 9.94. The van der Waals surface area contributed by atoms with Crippen molar-refractivity contribution in [2.24, 2.45) is 0 Å². The fourth-order valence-corrected chi connectivity index (χ4v) is 5.03. The summed E-state index contributed by atoms with van der Waals surface area (Å²) in [4.78, 5) is 14.0. The SMILES string of the molecule is CCC1CCCCN1C(=O)CNS(=O)(=O)c1ccc(Cl)s1. The van der Waals surface area contributed by atoms with Crippen LogP contribution in [0.15, 0.2) is 16.3 Å². The zero-order chi connectivity index (χ0) is 15.5. The Kier molecular flexibility index (Phi) is 5.65. The van der Waals surface area contributed by atoms with E-state index < -0.39 is 10.0 Å². The third kappa shape index (κ3) is 4.18. The molecule has 2 heterocycles. The molecule has 1 aliphatic rings. The average Bonchev–Trinajstić information content (AvgIpc) is 2.92. The molecule has 1 fully saturated rings. The van der Waals surface area contributed by atoms with Crippen molar-refractivity contribution in [3.63, 3.8) is 0 Å². The summed E-state index contributed by atoms with van der Waals surface area (Å²) in [6.45, 7) is 2.56. The molecule has 1 aliphatic heterocycles. The lowest BCUT2D eigenvalue weighted by Crippen LogP contribution is -2.47. The van der Waals surface area contributed by atoms with Crippen molar-refractivity contribution in [2.45, 2.75) is 42.9 Å². The molecular formula is C13H19ClN2O3S2. The number of piperidine rings is 1. The number of rotatable bonds is 5. The van der Waals surface area contributed by atoms with Crippen LogP contribution in [0.3, 0.4) is 0 Å².